The first-order valence-corrected chi connectivity index (χ1v) is 3.83. The van der Waals surface area contributed by atoms with E-state index in [4.69, 9.17) is 0 Å². The van der Waals surface area contributed by atoms with E-state index in [2.05, 4.69) is 31.3 Å². The van der Waals surface area contributed by atoms with Crippen LogP contribution in [0.5, 0.6) is 0 Å². The van der Waals surface area contributed by atoms with E-state index in [1.807, 2.05) is 0 Å². The van der Waals surface area contributed by atoms with Gasteiger partial charge in [-0.25, -0.2) is 8.78 Å². The molecule has 0 atom stereocenters. The normalized spacial score (nSPS) is 10.9. The lowest BCUT2D eigenvalue weighted by atomic mass is 10.3. The van der Waals surface area contributed by atoms with Crippen LogP contribution in [0.1, 0.15) is 0 Å². The van der Waals surface area contributed by atoms with Gasteiger partial charge in [0.25, 0.3) is 0 Å². The molecule has 0 saturated heterocycles. The second-order valence-corrected chi connectivity index (χ2v) is 3.03. The molecule has 0 aliphatic heterocycles. The Hall–Kier alpha value is -1.04. The second-order valence-electron chi connectivity index (χ2n) is 2.18. The third kappa shape index (κ3) is 0.911. The largest absolute Gasteiger partial charge is 0.202 e. The topological polar surface area (TPSA) is 41.6 Å². The molecule has 62 valence electrons. The van der Waals surface area contributed by atoms with E-state index < -0.39 is 11.6 Å². The average molecular weight is 234 g/mol. The summed E-state index contributed by atoms with van der Waals surface area (Å²) in [5, 5.41) is 9.26. The quantitative estimate of drug-likeness (QED) is 0.708. The Bertz CT molecular complexity index is 440. The predicted molar refractivity (Wildman–Crippen MR) is 41.5 cm³/mol. The van der Waals surface area contributed by atoms with E-state index in [1.54, 1.807) is 0 Å². The van der Waals surface area contributed by atoms with Crippen LogP contribution in [0.25, 0.3) is 11.0 Å². The maximum Gasteiger partial charge on any atom is 0.189 e. The van der Waals surface area contributed by atoms with E-state index >= 15 is 0 Å². The highest BCUT2D eigenvalue weighted by atomic mass is 79.9. The van der Waals surface area contributed by atoms with Gasteiger partial charge in [-0.1, -0.05) is 0 Å². The van der Waals surface area contributed by atoms with Crippen molar-refractivity contribution >= 4 is 27.0 Å². The Labute approximate surface area is 73.9 Å². The molecular formula is C6H2BrF2N3. The summed E-state index contributed by atoms with van der Waals surface area (Å²) in [6.45, 7) is 0. The van der Waals surface area contributed by atoms with Crippen LogP contribution in [0.2, 0.25) is 0 Å². The van der Waals surface area contributed by atoms with Crippen LogP contribution in [0.4, 0.5) is 8.78 Å². The van der Waals surface area contributed by atoms with Crippen LogP contribution in [0.3, 0.4) is 0 Å². The molecule has 0 radical (unpaired) electrons. The summed E-state index contributed by atoms with van der Waals surface area (Å²) in [5.41, 5.74) is 0.205. The number of benzene rings is 1. The minimum atomic E-state index is -0.992. The lowest BCUT2D eigenvalue weighted by Crippen LogP contribution is -1.87. The molecule has 1 heterocycles. The molecule has 0 saturated carbocycles. The Morgan fingerprint density at radius 3 is 2.75 bits per heavy atom. The number of nitrogens with one attached hydrogen (secondary N) is 1. The standard InChI is InChI=1S/C6H2BrF2N3/c7-2-1-3-6(11-12-10-3)5(9)4(2)8/h1H,(H,10,11,12). The number of aromatic amines is 1. The summed E-state index contributed by atoms with van der Waals surface area (Å²) < 4.78 is 25.8. The van der Waals surface area contributed by atoms with E-state index in [-0.39, 0.29) is 9.99 Å². The molecule has 2 aromatic rings. The highest BCUT2D eigenvalue weighted by molar-refractivity contribution is 9.10. The lowest BCUT2D eigenvalue weighted by molar-refractivity contribution is 0.511. The molecule has 2 rings (SSSR count). The Balaban J connectivity index is 2.94. The summed E-state index contributed by atoms with van der Waals surface area (Å²) in [5.74, 6) is -1.94. The first kappa shape index (κ1) is 7.60. The fraction of sp³-hybridized carbons (Fsp3) is 0. The smallest absolute Gasteiger partial charge is 0.189 e. The van der Waals surface area contributed by atoms with Crippen molar-refractivity contribution in [3.05, 3.63) is 22.2 Å². The van der Waals surface area contributed by atoms with Gasteiger partial charge in [-0.05, 0) is 22.0 Å². The van der Waals surface area contributed by atoms with Crippen LogP contribution >= 0.6 is 15.9 Å². The van der Waals surface area contributed by atoms with Gasteiger partial charge in [0.2, 0.25) is 0 Å². The fourth-order valence-electron chi connectivity index (χ4n) is 0.893. The maximum atomic E-state index is 13.0. The molecule has 0 fully saturated rings. The molecule has 1 aromatic heterocycles. The molecule has 3 nitrogen and oxygen atoms in total. The molecule has 0 unspecified atom stereocenters. The lowest BCUT2D eigenvalue weighted by Gasteiger charge is -1.94. The number of aromatic nitrogens is 3. The molecule has 12 heavy (non-hydrogen) atoms. The molecule has 1 N–H and O–H groups in total. The molecule has 0 aliphatic carbocycles. The van der Waals surface area contributed by atoms with E-state index in [9.17, 15) is 8.78 Å². The minimum absolute atomic E-state index is 0.0430. The van der Waals surface area contributed by atoms with Gasteiger partial charge in [0.15, 0.2) is 17.2 Å². The second kappa shape index (κ2) is 2.48. The zero-order valence-electron chi connectivity index (χ0n) is 5.61. The van der Waals surface area contributed by atoms with Crippen molar-refractivity contribution in [3.8, 4) is 0 Å². The van der Waals surface area contributed by atoms with Crippen LogP contribution in [0.15, 0.2) is 10.5 Å². The number of nitrogens with zero attached hydrogens (tertiary/aromatic N) is 2. The molecule has 0 aliphatic rings. The van der Waals surface area contributed by atoms with Crippen molar-refractivity contribution in [1.82, 2.24) is 15.4 Å². The Morgan fingerprint density at radius 2 is 2.00 bits per heavy atom. The van der Waals surface area contributed by atoms with Gasteiger partial charge >= 0.3 is 0 Å². The Kier molecular flexibility index (Phi) is 1.57. The summed E-state index contributed by atoms with van der Waals surface area (Å²) in [6, 6.07) is 1.36. The third-order valence-electron chi connectivity index (χ3n) is 1.45. The summed E-state index contributed by atoms with van der Waals surface area (Å²) in [7, 11) is 0. The Morgan fingerprint density at radius 1 is 1.25 bits per heavy atom. The van der Waals surface area contributed by atoms with E-state index in [0.717, 1.165) is 0 Å². The van der Waals surface area contributed by atoms with E-state index in [1.165, 1.54) is 6.07 Å². The molecule has 6 heteroatoms. The summed E-state index contributed by atoms with van der Waals surface area (Å²) >= 11 is 2.86. The monoisotopic (exact) mass is 233 g/mol. The third-order valence-corrected chi connectivity index (χ3v) is 2.03. The minimum Gasteiger partial charge on any atom is -0.202 e. The summed E-state index contributed by atoms with van der Waals surface area (Å²) in [6.07, 6.45) is 0. The van der Waals surface area contributed by atoms with Crippen molar-refractivity contribution in [2.24, 2.45) is 0 Å². The van der Waals surface area contributed by atoms with Crippen molar-refractivity contribution in [3.63, 3.8) is 0 Å². The SMILES string of the molecule is Fc1c(Br)cc2n[nH]nc2c1F. The zero-order valence-corrected chi connectivity index (χ0v) is 7.19. The number of hydrogen-bond donors (Lipinski definition) is 1. The van der Waals surface area contributed by atoms with Gasteiger partial charge in [0.05, 0.1) is 4.47 Å². The van der Waals surface area contributed by atoms with Gasteiger partial charge in [-0.15, -0.1) is 0 Å². The number of halogens is 3. The van der Waals surface area contributed by atoms with Gasteiger partial charge < -0.3 is 0 Å². The van der Waals surface area contributed by atoms with Crippen LogP contribution < -0.4 is 0 Å². The van der Waals surface area contributed by atoms with Crippen molar-refractivity contribution in [1.29, 1.82) is 0 Å². The maximum absolute atomic E-state index is 13.0. The molecule has 0 amide bonds. The van der Waals surface area contributed by atoms with Crippen LogP contribution in [0, 0.1) is 11.6 Å². The van der Waals surface area contributed by atoms with Crippen molar-refractivity contribution in [2.75, 3.05) is 0 Å². The van der Waals surface area contributed by atoms with Crippen LogP contribution in [-0.4, -0.2) is 15.4 Å². The van der Waals surface area contributed by atoms with Gasteiger partial charge in [0.1, 0.15) is 5.52 Å². The first-order valence-electron chi connectivity index (χ1n) is 3.04. The number of rotatable bonds is 0. The highest BCUT2D eigenvalue weighted by Crippen LogP contribution is 2.23. The van der Waals surface area contributed by atoms with Crippen molar-refractivity contribution in [2.45, 2.75) is 0 Å². The first-order chi connectivity index (χ1) is 5.70. The fourth-order valence-corrected chi connectivity index (χ4v) is 1.28. The predicted octanol–water partition coefficient (Wildman–Crippen LogP) is 2.00. The average Bonchev–Trinajstić information content (AvgIpc) is 2.48. The van der Waals surface area contributed by atoms with Gasteiger partial charge in [0, 0.05) is 0 Å². The summed E-state index contributed by atoms with van der Waals surface area (Å²) in [4.78, 5) is 0. The zero-order chi connectivity index (χ0) is 8.72. The molecule has 1 aromatic carbocycles. The molecule has 0 bridgehead atoms. The van der Waals surface area contributed by atoms with E-state index in [0.29, 0.717) is 5.52 Å². The molecular weight excluding hydrogens is 232 g/mol. The van der Waals surface area contributed by atoms with Crippen molar-refractivity contribution < 1.29 is 8.78 Å². The van der Waals surface area contributed by atoms with Gasteiger partial charge in [-0.2, -0.15) is 15.4 Å². The number of H-pyrrole nitrogens is 1. The number of fused-ring (bicyclic) bond motifs is 1. The highest BCUT2D eigenvalue weighted by Gasteiger charge is 2.13. The van der Waals surface area contributed by atoms with Crippen LogP contribution in [-0.2, 0) is 0 Å². The van der Waals surface area contributed by atoms with Gasteiger partial charge in [-0.3, -0.25) is 0 Å². The molecule has 0 spiro atoms. The number of hydrogen-bond acceptors (Lipinski definition) is 2.